The number of hydrogen-bond acceptors (Lipinski definition) is 5. The number of ether oxygens (including phenoxy) is 2. The summed E-state index contributed by atoms with van der Waals surface area (Å²) in [7, 11) is 0. The van der Waals surface area contributed by atoms with E-state index in [0.29, 0.717) is 25.3 Å². The fraction of sp³-hybridized carbons (Fsp3) is 0.556. The highest BCUT2D eigenvalue weighted by atomic mass is 19.4. The van der Waals surface area contributed by atoms with Crippen molar-refractivity contribution in [2.75, 3.05) is 19.8 Å². The molecule has 0 unspecified atom stereocenters. The quantitative estimate of drug-likeness (QED) is 0.364. The molecule has 0 fully saturated rings. The first-order valence-corrected chi connectivity index (χ1v) is 8.52. The van der Waals surface area contributed by atoms with Gasteiger partial charge in [0.25, 0.3) is 0 Å². The van der Waals surface area contributed by atoms with Crippen LogP contribution in [0.3, 0.4) is 0 Å². The topological polar surface area (TPSA) is 78.6 Å². The summed E-state index contributed by atoms with van der Waals surface area (Å²) < 4.78 is 45.9. The molecule has 2 N–H and O–H groups in total. The maximum absolute atomic E-state index is 12.1. The smallest absolute Gasteiger partial charge is 0.490 e. The van der Waals surface area contributed by atoms with Crippen LogP contribution in [-0.4, -0.2) is 37.7 Å². The third kappa shape index (κ3) is 7.43. The highest BCUT2D eigenvalue weighted by Gasteiger charge is 2.41. The zero-order valence-electron chi connectivity index (χ0n) is 14.7. The average molecular weight is 375 g/mol. The van der Waals surface area contributed by atoms with Gasteiger partial charge in [-0.2, -0.15) is 13.2 Å². The Morgan fingerprint density at radius 1 is 1.12 bits per heavy atom. The number of rotatable bonds is 11. The normalized spacial score (nSPS) is 11.3. The zero-order valence-corrected chi connectivity index (χ0v) is 14.7. The van der Waals surface area contributed by atoms with E-state index in [4.69, 9.17) is 10.5 Å². The summed E-state index contributed by atoms with van der Waals surface area (Å²) in [6.45, 7) is 2.13. The largest absolute Gasteiger partial charge is 0.493 e. The van der Waals surface area contributed by atoms with E-state index >= 15 is 0 Å². The van der Waals surface area contributed by atoms with Crippen LogP contribution in [-0.2, 0) is 16.0 Å². The molecule has 0 saturated carbocycles. The molecule has 0 aliphatic rings. The molecule has 0 bridgehead atoms. The molecule has 0 aromatic heterocycles. The van der Waals surface area contributed by atoms with E-state index in [1.165, 1.54) is 6.07 Å². The van der Waals surface area contributed by atoms with E-state index in [-0.39, 0.29) is 5.56 Å². The minimum absolute atomic E-state index is 0.173. The van der Waals surface area contributed by atoms with Gasteiger partial charge in [0.1, 0.15) is 5.75 Å². The summed E-state index contributed by atoms with van der Waals surface area (Å²) in [5, 5.41) is 0. The first-order chi connectivity index (χ1) is 12.3. The molecule has 1 aromatic carbocycles. The van der Waals surface area contributed by atoms with Crippen LogP contribution in [0.25, 0.3) is 0 Å². The number of ketones is 1. The fourth-order valence-electron chi connectivity index (χ4n) is 2.25. The number of esters is 1. The number of aryl methyl sites for hydroxylation is 1. The molecule has 0 spiro atoms. The van der Waals surface area contributed by atoms with Gasteiger partial charge in [0.2, 0.25) is 0 Å². The molecule has 0 saturated heterocycles. The van der Waals surface area contributed by atoms with Crippen molar-refractivity contribution in [1.82, 2.24) is 0 Å². The Hall–Kier alpha value is -2.09. The molecule has 1 rings (SSSR count). The molecule has 0 heterocycles. The van der Waals surface area contributed by atoms with Crippen molar-refractivity contribution in [3.63, 3.8) is 0 Å². The van der Waals surface area contributed by atoms with Crippen LogP contribution < -0.4 is 10.5 Å². The van der Waals surface area contributed by atoms with E-state index in [9.17, 15) is 22.8 Å². The Balaban J connectivity index is 2.58. The monoisotopic (exact) mass is 375 g/mol. The Morgan fingerprint density at radius 3 is 2.42 bits per heavy atom. The molecule has 26 heavy (non-hydrogen) atoms. The van der Waals surface area contributed by atoms with Crippen LogP contribution in [0, 0.1) is 0 Å². The van der Waals surface area contributed by atoms with Gasteiger partial charge in [-0.15, -0.1) is 0 Å². The molecular formula is C18H24F3NO4. The second kappa shape index (κ2) is 10.8. The Kier molecular flexibility index (Phi) is 9.12. The number of Topliss-reactive ketones (excluding diaryl/α,β-unsaturated/α-hetero) is 1. The van der Waals surface area contributed by atoms with Crippen molar-refractivity contribution in [3.05, 3.63) is 29.3 Å². The lowest BCUT2D eigenvalue weighted by Gasteiger charge is -2.12. The summed E-state index contributed by atoms with van der Waals surface area (Å²) in [5.74, 6) is -2.45. The maximum atomic E-state index is 12.1. The maximum Gasteiger partial charge on any atom is 0.490 e. The predicted octanol–water partition coefficient (Wildman–Crippen LogP) is 3.44. The highest BCUT2D eigenvalue weighted by Crippen LogP contribution is 2.22. The number of halogens is 3. The predicted molar refractivity (Wildman–Crippen MR) is 90.2 cm³/mol. The van der Waals surface area contributed by atoms with Gasteiger partial charge in [-0.05, 0) is 49.6 Å². The zero-order chi connectivity index (χ0) is 19.6. The van der Waals surface area contributed by atoms with E-state index in [1.54, 1.807) is 12.1 Å². The summed E-state index contributed by atoms with van der Waals surface area (Å²) in [6, 6.07) is 4.61. The molecule has 0 atom stereocenters. The SMILES string of the molecule is CCc1cc(C(=O)COC(=O)C(F)(F)F)ccc1OCCCCCCN. The van der Waals surface area contributed by atoms with Gasteiger partial charge in [-0.3, -0.25) is 4.79 Å². The molecule has 0 aliphatic carbocycles. The molecule has 146 valence electrons. The summed E-state index contributed by atoms with van der Waals surface area (Å²) in [5.41, 5.74) is 6.37. The van der Waals surface area contributed by atoms with Gasteiger partial charge in [-0.25, -0.2) is 4.79 Å². The molecule has 5 nitrogen and oxygen atoms in total. The summed E-state index contributed by atoms with van der Waals surface area (Å²) >= 11 is 0. The Labute approximate surface area is 150 Å². The number of nitrogens with two attached hydrogens (primary N) is 1. The van der Waals surface area contributed by atoms with Crippen LogP contribution in [0.1, 0.15) is 48.5 Å². The number of alkyl halides is 3. The first-order valence-electron chi connectivity index (χ1n) is 8.52. The van der Waals surface area contributed by atoms with Crippen molar-refractivity contribution in [1.29, 1.82) is 0 Å². The molecule has 8 heteroatoms. The molecule has 0 amide bonds. The van der Waals surface area contributed by atoms with E-state index in [0.717, 1.165) is 31.2 Å². The lowest BCUT2D eigenvalue weighted by molar-refractivity contribution is -0.198. The lowest BCUT2D eigenvalue weighted by atomic mass is 10.0. The second-order valence-electron chi connectivity index (χ2n) is 5.72. The van der Waals surface area contributed by atoms with Gasteiger partial charge in [-0.1, -0.05) is 19.8 Å². The van der Waals surface area contributed by atoms with Gasteiger partial charge >= 0.3 is 12.1 Å². The van der Waals surface area contributed by atoms with Gasteiger partial charge in [0, 0.05) is 5.56 Å². The summed E-state index contributed by atoms with van der Waals surface area (Å²) in [6.07, 6.45) is -0.597. The Bertz CT molecular complexity index is 603. The van der Waals surface area contributed by atoms with Gasteiger partial charge in [0.15, 0.2) is 12.4 Å². The minimum Gasteiger partial charge on any atom is -0.493 e. The lowest BCUT2D eigenvalue weighted by Crippen LogP contribution is -2.27. The van der Waals surface area contributed by atoms with E-state index in [2.05, 4.69) is 4.74 Å². The molecular weight excluding hydrogens is 351 g/mol. The van der Waals surface area contributed by atoms with Gasteiger partial charge < -0.3 is 15.2 Å². The number of unbranched alkanes of at least 4 members (excludes halogenated alkanes) is 3. The van der Waals surface area contributed by atoms with Crippen LogP contribution in [0.15, 0.2) is 18.2 Å². The highest BCUT2D eigenvalue weighted by molar-refractivity contribution is 5.98. The van der Waals surface area contributed by atoms with Crippen LogP contribution >= 0.6 is 0 Å². The number of carbonyl (C=O) groups excluding carboxylic acids is 2. The average Bonchev–Trinajstić information content (AvgIpc) is 2.61. The minimum atomic E-state index is -5.11. The van der Waals surface area contributed by atoms with Crippen LogP contribution in [0.4, 0.5) is 13.2 Å². The van der Waals surface area contributed by atoms with E-state index in [1.807, 2.05) is 6.92 Å². The third-order valence-electron chi connectivity index (χ3n) is 3.69. The number of benzene rings is 1. The standard InChI is InChI=1S/C18H24F3NO4/c1-2-13-11-14(15(23)12-26-17(24)18(19,20)21)7-8-16(13)25-10-6-4-3-5-9-22/h7-8,11H,2-6,9-10,12,22H2,1H3. The fourth-order valence-corrected chi connectivity index (χ4v) is 2.25. The first kappa shape index (κ1) is 22.0. The second-order valence-corrected chi connectivity index (χ2v) is 5.72. The molecule has 1 aromatic rings. The van der Waals surface area contributed by atoms with Crippen LogP contribution in [0.2, 0.25) is 0 Å². The Morgan fingerprint density at radius 2 is 1.81 bits per heavy atom. The third-order valence-corrected chi connectivity index (χ3v) is 3.69. The van der Waals surface area contributed by atoms with Gasteiger partial charge in [0.05, 0.1) is 6.61 Å². The van der Waals surface area contributed by atoms with Crippen molar-refractivity contribution in [3.8, 4) is 5.75 Å². The summed E-state index contributed by atoms with van der Waals surface area (Å²) in [4.78, 5) is 22.6. The number of carbonyl (C=O) groups is 2. The molecule has 0 aliphatic heterocycles. The van der Waals surface area contributed by atoms with E-state index < -0.39 is 24.5 Å². The van der Waals surface area contributed by atoms with Crippen molar-refractivity contribution >= 4 is 11.8 Å². The van der Waals surface area contributed by atoms with Crippen molar-refractivity contribution in [2.45, 2.75) is 45.2 Å². The van der Waals surface area contributed by atoms with Crippen LogP contribution in [0.5, 0.6) is 5.75 Å². The van der Waals surface area contributed by atoms with Crippen molar-refractivity contribution in [2.24, 2.45) is 5.73 Å². The molecule has 0 radical (unpaired) electrons. The number of hydrogen-bond donors (Lipinski definition) is 1. The van der Waals surface area contributed by atoms with Crippen molar-refractivity contribution < 1.29 is 32.2 Å².